The Morgan fingerprint density at radius 1 is 1.43 bits per heavy atom. The molecular formula is C15H16N2O4. The van der Waals surface area contributed by atoms with Crippen LogP contribution in [0.2, 0.25) is 0 Å². The highest BCUT2D eigenvalue weighted by molar-refractivity contribution is 6.00. The van der Waals surface area contributed by atoms with Crippen LogP contribution in [0.1, 0.15) is 12.5 Å². The number of ether oxygens (including phenoxy) is 2. The van der Waals surface area contributed by atoms with Crippen molar-refractivity contribution in [1.29, 1.82) is 0 Å². The van der Waals surface area contributed by atoms with Crippen molar-refractivity contribution < 1.29 is 19.1 Å². The maximum atomic E-state index is 12.2. The standard InChI is InChI=1S/C15H16N2O4/c1-9-13(17-11(8-20-9)12(16)14(17)18)15(19)21-7-10-5-3-2-4-6-10/h2-6,11-12H,7-8,16H2,1H3/t11-,12-/m0/s1. The minimum absolute atomic E-state index is 0.148. The third-order valence-electron chi connectivity index (χ3n) is 3.72. The molecule has 2 aliphatic rings. The van der Waals surface area contributed by atoms with Crippen LogP contribution in [0.3, 0.4) is 0 Å². The summed E-state index contributed by atoms with van der Waals surface area (Å²) in [6.07, 6.45) is 0. The van der Waals surface area contributed by atoms with E-state index < -0.39 is 12.0 Å². The molecule has 2 N–H and O–H groups in total. The lowest BCUT2D eigenvalue weighted by Crippen LogP contribution is -2.71. The topological polar surface area (TPSA) is 81.9 Å². The number of β-lactam (4-membered cyclic amide) rings is 1. The normalized spacial score (nSPS) is 24.1. The van der Waals surface area contributed by atoms with Gasteiger partial charge in [-0.1, -0.05) is 30.3 Å². The van der Waals surface area contributed by atoms with E-state index >= 15 is 0 Å². The zero-order chi connectivity index (χ0) is 15.0. The molecule has 3 rings (SSSR count). The maximum Gasteiger partial charge on any atom is 0.358 e. The first kappa shape index (κ1) is 13.6. The van der Waals surface area contributed by atoms with Crippen LogP contribution in [0, 0.1) is 0 Å². The molecule has 110 valence electrons. The number of amides is 1. The molecule has 0 bridgehead atoms. The summed E-state index contributed by atoms with van der Waals surface area (Å²) in [5.41, 5.74) is 6.74. The highest BCUT2D eigenvalue weighted by Crippen LogP contribution is 2.31. The molecule has 0 aliphatic carbocycles. The van der Waals surface area contributed by atoms with Crippen molar-refractivity contribution in [2.75, 3.05) is 6.61 Å². The molecule has 0 radical (unpaired) electrons. The van der Waals surface area contributed by atoms with Crippen molar-refractivity contribution in [3.05, 3.63) is 47.4 Å². The molecular weight excluding hydrogens is 272 g/mol. The zero-order valence-corrected chi connectivity index (χ0v) is 11.6. The Morgan fingerprint density at radius 3 is 2.86 bits per heavy atom. The monoisotopic (exact) mass is 288 g/mol. The van der Waals surface area contributed by atoms with E-state index in [2.05, 4.69) is 0 Å². The van der Waals surface area contributed by atoms with Gasteiger partial charge in [0.05, 0.1) is 6.04 Å². The summed E-state index contributed by atoms with van der Waals surface area (Å²) >= 11 is 0. The van der Waals surface area contributed by atoms with Gasteiger partial charge in [0.15, 0.2) is 5.70 Å². The Morgan fingerprint density at radius 2 is 2.14 bits per heavy atom. The molecule has 2 aliphatic heterocycles. The average Bonchev–Trinajstić information content (AvgIpc) is 2.52. The number of benzene rings is 1. The third-order valence-corrected chi connectivity index (χ3v) is 3.72. The summed E-state index contributed by atoms with van der Waals surface area (Å²) in [7, 11) is 0. The number of allylic oxidation sites excluding steroid dienone is 1. The lowest BCUT2D eigenvalue weighted by Gasteiger charge is -2.48. The number of hydrogen-bond donors (Lipinski definition) is 1. The molecule has 1 aromatic rings. The SMILES string of the molecule is CC1=C(C(=O)OCc2ccccc2)N2C(=O)[C@@H](N)[C@@H]2CO1. The van der Waals surface area contributed by atoms with Crippen molar-refractivity contribution in [1.82, 2.24) is 4.90 Å². The lowest BCUT2D eigenvalue weighted by atomic mass is 9.94. The molecule has 6 nitrogen and oxygen atoms in total. The Kier molecular flexibility index (Phi) is 3.39. The Bertz CT molecular complexity index is 611. The van der Waals surface area contributed by atoms with Crippen LogP contribution in [0.25, 0.3) is 0 Å². The second-order valence-corrected chi connectivity index (χ2v) is 5.08. The first-order valence-corrected chi connectivity index (χ1v) is 6.73. The fraction of sp³-hybridized carbons (Fsp3) is 0.333. The Balaban J connectivity index is 1.73. The minimum Gasteiger partial charge on any atom is -0.494 e. The van der Waals surface area contributed by atoms with Crippen LogP contribution in [0.4, 0.5) is 0 Å². The summed E-state index contributed by atoms with van der Waals surface area (Å²) in [5.74, 6) is -0.444. The van der Waals surface area contributed by atoms with Gasteiger partial charge >= 0.3 is 5.97 Å². The summed E-state index contributed by atoms with van der Waals surface area (Å²) in [6.45, 7) is 2.11. The molecule has 0 aromatic heterocycles. The van der Waals surface area contributed by atoms with Crippen molar-refractivity contribution in [3.8, 4) is 0 Å². The molecule has 6 heteroatoms. The number of fused-ring (bicyclic) bond motifs is 1. The van der Waals surface area contributed by atoms with Gasteiger partial charge in [0, 0.05) is 0 Å². The molecule has 1 aromatic carbocycles. The fourth-order valence-corrected chi connectivity index (χ4v) is 2.50. The maximum absolute atomic E-state index is 12.2. The molecule has 2 heterocycles. The van der Waals surface area contributed by atoms with Gasteiger partial charge in [0.25, 0.3) is 0 Å². The van der Waals surface area contributed by atoms with Crippen molar-refractivity contribution in [2.45, 2.75) is 25.6 Å². The van der Waals surface area contributed by atoms with Crippen LogP contribution in [0.5, 0.6) is 0 Å². The summed E-state index contributed by atoms with van der Waals surface area (Å²) in [6, 6.07) is 8.46. The van der Waals surface area contributed by atoms with E-state index in [-0.39, 0.29) is 24.3 Å². The van der Waals surface area contributed by atoms with E-state index in [9.17, 15) is 9.59 Å². The number of nitrogens with two attached hydrogens (primary N) is 1. The molecule has 21 heavy (non-hydrogen) atoms. The van der Waals surface area contributed by atoms with E-state index in [1.54, 1.807) is 6.92 Å². The average molecular weight is 288 g/mol. The van der Waals surface area contributed by atoms with Gasteiger partial charge in [0.1, 0.15) is 25.0 Å². The van der Waals surface area contributed by atoms with Gasteiger partial charge in [0.2, 0.25) is 5.91 Å². The first-order valence-electron chi connectivity index (χ1n) is 6.73. The van der Waals surface area contributed by atoms with Crippen LogP contribution in [0.15, 0.2) is 41.8 Å². The van der Waals surface area contributed by atoms with Gasteiger partial charge in [-0.05, 0) is 12.5 Å². The van der Waals surface area contributed by atoms with E-state index in [1.807, 2.05) is 30.3 Å². The number of nitrogens with zero attached hydrogens (tertiary/aromatic N) is 1. The number of carbonyl (C=O) groups is 2. The summed E-state index contributed by atoms with van der Waals surface area (Å²) in [4.78, 5) is 25.4. The third kappa shape index (κ3) is 2.27. The Hall–Kier alpha value is -2.34. The molecule has 0 unspecified atom stereocenters. The quantitative estimate of drug-likeness (QED) is 0.648. The predicted octanol–water partition coefficient (Wildman–Crippen LogP) is 0.530. The van der Waals surface area contributed by atoms with Crippen molar-refractivity contribution >= 4 is 11.9 Å². The van der Waals surface area contributed by atoms with Gasteiger partial charge in [-0.2, -0.15) is 0 Å². The van der Waals surface area contributed by atoms with Crippen molar-refractivity contribution in [2.24, 2.45) is 5.73 Å². The van der Waals surface area contributed by atoms with Gasteiger partial charge in [-0.25, -0.2) is 4.79 Å². The highest BCUT2D eigenvalue weighted by Gasteiger charge is 2.52. The smallest absolute Gasteiger partial charge is 0.358 e. The molecule has 2 atom stereocenters. The van der Waals surface area contributed by atoms with Crippen molar-refractivity contribution in [3.63, 3.8) is 0 Å². The largest absolute Gasteiger partial charge is 0.494 e. The van der Waals surface area contributed by atoms with Crippen LogP contribution < -0.4 is 5.73 Å². The Labute approximate surface area is 122 Å². The minimum atomic E-state index is -0.602. The van der Waals surface area contributed by atoms with Gasteiger partial charge in [-0.3, -0.25) is 9.69 Å². The van der Waals surface area contributed by atoms with Gasteiger partial charge in [-0.15, -0.1) is 0 Å². The number of carbonyl (C=O) groups excluding carboxylic acids is 2. The summed E-state index contributed by atoms with van der Waals surface area (Å²) in [5, 5.41) is 0. The zero-order valence-electron chi connectivity index (χ0n) is 11.6. The second-order valence-electron chi connectivity index (χ2n) is 5.08. The molecule has 0 saturated carbocycles. The highest BCUT2D eigenvalue weighted by atomic mass is 16.5. The molecule has 0 spiro atoms. The predicted molar refractivity (Wildman–Crippen MR) is 73.5 cm³/mol. The first-order chi connectivity index (χ1) is 10.1. The number of rotatable bonds is 3. The van der Waals surface area contributed by atoms with Crippen LogP contribution >= 0.6 is 0 Å². The van der Waals surface area contributed by atoms with Crippen LogP contribution in [-0.2, 0) is 25.7 Å². The van der Waals surface area contributed by atoms with Crippen LogP contribution in [-0.4, -0.2) is 35.5 Å². The van der Waals surface area contributed by atoms with E-state index in [1.165, 1.54) is 4.90 Å². The van der Waals surface area contributed by atoms with E-state index in [4.69, 9.17) is 15.2 Å². The lowest BCUT2D eigenvalue weighted by molar-refractivity contribution is -0.159. The molecule has 1 fully saturated rings. The van der Waals surface area contributed by atoms with E-state index in [0.29, 0.717) is 12.4 Å². The fourth-order valence-electron chi connectivity index (χ4n) is 2.50. The van der Waals surface area contributed by atoms with Gasteiger partial charge < -0.3 is 15.2 Å². The number of hydrogen-bond acceptors (Lipinski definition) is 5. The molecule has 1 saturated heterocycles. The molecule has 1 amide bonds. The summed E-state index contributed by atoms with van der Waals surface area (Å²) < 4.78 is 10.7. The van der Waals surface area contributed by atoms with E-state index in [0.717, 1.165) is 5.56 Å². The number of esters is 1. The second kappa shape index (κ2) is 5.21.